The predicted molar refractivity (Wildman–Crippen MR) is 115 cm³/mol. The molecule has 5 rings (SSSR count). The first-order chi connectivity index (χ1) is 16.4. The molecule has 2 aliphatic heterocycles. The van der Waals surface area contributed by atoms with Crippen molar-refractivity contribution in [1.29, 1.82) is 0 Å². The lowest BCUT2D eigenvalue weighted by Crippen LogP contribution is -2.50. The van der Waals surface area contributed by atoms with E-state index >= 15 is 0 Å². The van der Waals surface area contributed by atoms with E-state index in [1.165, 1.54) is 28.0 Å². The molecule has 0 saturated carbocycles. The minimum Gasteiger partial charge on any atom is -0.479 e. The molecule has 34 heavy (non-hydrogen) atoms. The first kappa shape index (κ1) is 21.8. The van der Waals surface area contributed by atoms with Crippen LogP contribution < -0.4 is 19.7 Å². The molecule has 14 heteroatoms. The van der Waals surface area contributed by atoms with E-state index in [9.17, 15) is 14.4 Å². The number of benzene rings is 1. The number of rotatable bonds is 8. The van der Waals surface area contributed by atoms with Crippen molar-refractivity contribution in [3.05, 3.63) is 41.0 Å². The summed E-state index contributed by atoms with van der Waals surface area (Å²) in [6.07, 6.45) is -0.685. The number of fused-ring (bicyclic) bond motifs is 1. The molecule has 2 amide bonds. The van der Waals surface area contributed by atoms with Crippen LogP contribution in [0.15, 0.2) is 35.3 Å². The van der Waals surface area contributed by atoms with E-state index in [4.69, 9.17) is 19.3 Å². The molecule has 3 aromatic rings. The van der Waals surface area contributed by atoms with E-state index in [0.717, 1.165) is 0 Å². The van der Waals surface area contributed by atoms with Crippen LogP contribution in [0.25, 0.3) is 5.69 Å². The average molecular weight is 486 g/mol. The third-order valence-corrected chi connectivity index (χ3v) is 5.92. The maximum atomic E-state index is 13.3. The topological polar surface area (TPSA) is 161 Å². The van der Waals surface area contributed by atoms with Crippen LogP contribution in [0.2, 0.25) is 0 Å². The number of carbonyl (C=O) groups is 3. The first-order valence-corrected chi connectivity index (χ1v) is 11.0. The Labute approximate surface area is 195 Å². The summed E-state index contributed by atoms with van der Waals surface area (Å²) in [7, 11) is 1.50. The smallest absolute Gasteiger partial charge is 0.336 e. The number of amides is 2. The van der Waals surface area contributed by atoms with Gasteiger partial charge in [0.25, 0.3) is 11.8 Å². The fourth-order valence-corrected chi connectivity index (χ4v) is 3.98. The molecule has 1 fully saturated rings. The van der Waals surface area contributed by atoms with E-state index in [2.05, 4.69) is 20.6 Å². The van der Waals surface area contributed by atoms with Gasteiger partial charge in [0.2, 0.25) is 6.79 Å². The van der Waals surface area contributed by atoms with Crippen molar-refractivity contribution in [2.45, 2.75) is 24.7 Å². The van der Waals surface area contributed by atoms with Crippen molar-refractivity contribution in [3.63, 3.8) is 0 Å². The van der Waals surface area contributed by atoms with Crippen LogP contribution in [0.3, 0.4) is 0 Å². The maximum absolute atomic E-state index is 13.3. The SMILES string of the molecule is CN(C(=O)[C@H](Cc1cscn1)NC(=O)[C@H]1O[C@@H]1C(=O)O)c1cn(-c2ccc3c(c2)OCO3)nn1. The molecule has 3 atom stereocenters. The number of hydrogen-bond donors (Lipinski definition) is 2. The summed E-state index contributed by atoms with van der Waals surface area (Å²) in [6, 6.07) is 4.24. The van der Waals surface area contributed by atoms with Crippen LogP contribution in [0.1, 0.15) is 5.69 Å². The van der Waals surface area contributed by atoms with Gasteiger partial charge in [0.15, 0.2) is 29.5 Å². The van der Waals surface area contributed by atoms with Gasteiger partial charge in [-0.2, -0.15) is 0 Å². The fourth-order valence-electron chi connectivity index (χ4n) is 3.41. The zero-order valence-corrected chi connectivity index (χ0v) is 18.5. The van der Waals surface area contributed by atoms with Crippen molar-refractivity contribution in [3.8, 4) is 17.2 Å². The third kappa shape index (κ3) is 4.27. The first-order valence-electron chi connectivity index (χ1n) is 10.1. The molecule has 2 N–H and O–H groups in total. The van der Waals surface area contributed by atoms with Gasteiger partial charge in [-0.1, -0.05) is 5.21 Å². The monoisotopic (exact) mass is 486 g/mol. The van der Waals surface area contributed by atoms with E-state index in [1.54, 1.807) is 35.3 Å². The molecule has 0 spiro atoms. The number of thiazole rings is 1. The zero-order valence-electron chi connectivity index (χ0n) is 17.7. The van der Waals surface area contributed by atoms with Crippen molar-refractivity contribution in [2.24, 2.45) is 0 Å². The van der Waals surface area contributed by atoms with E-state index in [0.29, 0.717) is 22.9 Å². The van der Waals surface area contributed by atoms with Crippen LogP contribution in [0.5, 0.6) is 11.5 Å². The van der Waals surface area contributed by atoms with Gasteiger partial charge in [0, 0.05) is 24.9 Å². The van der Waals surface area contributed by atoms with Crippen molar-refractivity contribution in [2.75, 3.05) is 18.7 Å². The molecule has 176 valence electrons. The highest BCUT2D eigenvalue weighted by atomic mass is 32.1. The highest BCUT2D eigenvalue weighted by Gasteiger charge is 2.51. The lowest BCUT2D eigenvalue weighted by molar-refractivity contribution is -0.138. The Kier molecular flexibility index (Phi) is 5.59. The maximum Gasteiger partial charge on any atom is 0.336 e. The second kappa shape index (κ2) is 8.72. The standard InChI is InChI=1S/C20H18N6O7S/c1-25(15-6-26(24-23-15)11-2-3-13-14(5-11)32-9-31-13)19(28)12(4-10-7-34-8-21-10)22-18(27)16-17(33-16)20(29)30/h2-3,5-8,12,16-17H,4,9H2,1H3,(H,22,27)(H,29,30)/t12-,16-,17-/m0/s1. The predicted octanol–water partition coefficient (Wildman–Crippen LogP) is -0.00520. The highest BCUT2D eigenvalue weighted by molar-refractivity contribution is 7.07. The van der Waals surface area contributed by atoms with Crippen LogP contribution in [0.4, 0.5) is 5.82 Å². The number of anilines is 1. The largest absolute Gasteiger partial charge is 0.479 e. The number of nitrogens with one attached hydrogen (secondary N) is 1. The molecule has 13 nitrogen and oxygen atoms in total. The van der Waals surface area contributed by atoms with Gasteiger partial charge in [-0.05, 0) is 12.1 Å². The molecule has 0 radical (unpaired) electrons. The molecule has 0 aliphatic carbocycles. The Morgan fingerprint density at radius 2 is 2.12 bits per heavy atom. The van der Waals surface area contributed by atoms with Gasteiger partial charge in [-0.15, -0.1) is 16.4 Å². The van der Waals surface area contributed by atoms with Gasteiger partial charge in [0.05, 0.1) is 23.1 Å². The van der Waals surface area contributed by atoms with Gasteiger partial charge < -0.3 is 24.6 Å². The second-order valence-electron chi connectivity index (χ2n) is 7.52. The summed E-state index contributed by atoms with van der Waals surface area (Å²) in [5.41, 5.74) is 2.87. The van der Waals surface area contributed by atoms with Crippen molar-refractivity contribution < 1.29 is 33.7 Å². The quantitative estimate of drug-likeness (QED) is 0.414. The lowest BCUT2D eigenvalue weighted by atomic mass is 10.1. The molecule has 2 aromatic heterocycles. The molecular weight excluding hydrogens is 468 g/mol. The number of carboxylic acid groups (broad SMARTS) is 1. The zero-order chi connectivity index (χ0) is 23.8. The Balaban J connectivity index is 1.32. The Bertz CT molecular complexity index is 1250. The lowest BCUT2D eigenvalue weighted by Gasteiger charge is -2.22. The Morgan fingerprint density at radius 1 is 1.29 bits per heavy atom. The number of nitrogens with zero attached hydrogens (tertiary/aromatic N) is 5. The molecular formula is C20H18N6O7S. The Morgan fingerprint density at radius 3 is 2.85 bits per heavy atom. The van der Waals surface area contributed by atoms with Gasteiger partial charge in [-0.25, -0.2) is 14.5 Å². The molecule has 1 saturated heterocycles. The molecule has 0 bridgehead atoms. The normalized spacial score (nSPS) is 18.9. The van der Waals surface area contributed by atoms with Crippen LogP contribution in [0, 0.1) is 0 Å². The molecule has 0 unspecified atom stereocenters. The number of epoxide rings is 1. The van der Waals surface area contributed by atoms with E-state index in [1.807, 2.05) is 0 Å². The number of carboxylic acids is 1. The number of aliphatic carboxylic acids is 1. The van der Waals surface area contributed by atoms with E-state index in [-0.39, 0.29) is 19.0 Å². The van der Waals surface area contributed by atoms with E-state index < -0.39 is 36.0 Å². The molecule has 1 aromatic carbocycles. The average Bonchev–Trinajstić information content (AvgIpc) is 3.21. The van der Waals surface area contributed by atoms with Crippen LogP contribution in [-0.4, -0.2) is 75.0 Å². The summed E-state index contributed by atoms with van der Waals surface area (Å²) in [6.45, 7) is 0.143. The Hall–Kier alpha value is -4.04. The number of hydrogen-bond acceptors (Lipinski definition) is 10. The highest BCUT2D eigenvalue weighted by Crippen LogP contribution is 2.33. The number of aromatic nitrogens is 4. The number of ether oxygens (including phenoxy) is 3. The van der Waals surface area contributed by atoms with Gasteiger partial charge >= 0.3 is 5.97 Å². The third-order valence-electron chi connectivity index (χ3n) is 5.28. The summed E-state index contributed by atoms with van der Waals surface area (Å²) in [4.78, 5) is 42.2. The summed E-state index contributed by atoms with van der Waals surface area (Å²) >= 11 is 1.35. The van der Waals surface area contributed by atoms with Gasteiger partial charge in [0.1, 0.15) is 6.04 Å². The summed E-state index contributed by atoms with van der Waals surface area (Å²) in [5, 5.41) is 21.5. The van der Waals surface area contributed by atoms with Crippen molar-refractivity contribution in [1.82, 2.24) is 25.3 Å². The second-order valence-corrected chi connectivity index (χ2v) is 8.24. The van der Waals surface area contributed by atoms with Crippen LogP contribution in [-0.2, 0) is 25.5 Å². The molecule has 4 heterocycles. The number of likely N-dealkylation sites (N-methyl/N-ethyl adjacent to an activating group) is 1. The minimum absolute atomic E-state index is 0.110. The van der Waals surface area contributed by atoms with Gasteiger partial charge in [-0.3, -0.25) is 14.5 Å². The fraction of sp³-hybridized carbons (Fsp3) is 0.300. The summed E-state index contributed by atoms with van der Waals surface area (Å²) < 4.78 is 17.1. The number of carbonyl (C=O) groups excluding carboxylic acids is 2. The molecule has 2 aliphatic rings. The van der Waals surface area contributed by atoms with Crippen LogP contribution >= 0.6 is 11.3 Å². The van der Waals surface area contributed by atoms with Crippen molar-refractivity contribution >= 4 is 34.9 Å². The summed E-state index contributed by atoms with van der Waals surface area (Å²) in [5.74, 6) is -0.954. The minimum atomic E-state index is -1.24.